The smallest absolute Gasteiger partial charge is 0.0895 e. The van der Waals surface area contributed by atoms with E-state index >= 15 is 0 Å². The Morgan fingerprint density at radius 1 is 1.33 bits per heavy atom. The molecule has 1 aliphatic heterocycles. The first-order valence-corrected chi connectivity index (χ1v) is 7.34. The molecule has 0 bridgehead atoms. The lowest BCUT2D eigenvalue weighted by Gasteiger charge is -2.33. The normalized spacial score (nSPS) is 21.3. The Kier molecular flexibility index (Phi) is 9.53. The third-order valence-electron chi connectivity index (χ3n) is 3.59. The molecule has 1 unspecified atom stereocenters. The number of aliphatic hydroxyl groups is 1. The van der Waals surface area contributed by atoms with Crippen LogP contribution in [0.4, 0.5) is 0 Å². The molecule has 0 radical (unpaired) electrons. The predicted molar refractivity (Wildman–Crippen MR) is 94.5 cm³/mol. The van der Waals surface area contributed by atoms with Crippen molar-refractivity contribution < 1.29 is 5.11 Å². The second kappa shape index (κ2) is 9.41. The summed E-state index contributed by atoms with van der Waals surface area (Å²) in [4.78, 5) is 0. The summed E-state index contributed by atoms with van der Waals surface area (Å²) >= 11 is 12.1. The van der Waals surface area contributed by atoms with Gasteiger partial charge in [0.15, 0.2) is 0 Å². The molecule has 1 fully saturated rings. The van der Waals surface area contributed by atoms with E-state index in [-0.39, 0.29) is 24.8 Å². The van der Waals surface area contributed by atoms with Crippen molar-refractivity contribution in [1.29, 1.82) is 0 Å². The minimum absolute atomic E-state index is 0. The maximum atomic E-state index is 10.4. The van der Waals surface area contributed by atoms with Gasteiger partial charge in [0.2, 0.25) is 0 Å². The van der Waals surface area contributed by atoms with Gasteiger partial charge in [-0.15, -0.1) is 24.8 Å². The highest BCUT2D eigenvalue weighted by Gasteiger charge is 2.28. The largest absolute Gasteiger partial charge is 0.387 e. The highest BCUT2D eigenvalue weighted by molar-refractivity contribution is 6.35. The molecule has 0 saturated carbocycles. The second-order valence-electron chi connectivity index (χ2n) is 5.29. The van der Waals surface area contributed by atoms with Crippen molar-refractivity contribution in [3.05, 3.63) is 33.3 Å². The number of benzene rings is 1. The molecular formula is C14H22Cl4N2O. The number of piperidine rings is 1. The van der Waals surface area contributed by atoms with Gasteiger partial charge in [-0.3, -0.25) is 0 Å². The van der Waals surface area contributed by atoms with E-state index in [0.29, 0.717) is 29.7 Å². The van der Waals surface area contributed by atoms with Gasteiger partial charge in [-0.05, 0) is 49.6 Å². The number of halogens is 4. The van der Waals surface area contributed by atoms with Crippen molar-refractivity contribution in [3.8, 4) is 0 Å². The number of aryl methyl sites for hydroxylation is 1. The van der Waals surface area contributed by atoms with Crippen molar-refractivity contribution in [2.24, 2.45) is 0 Å². The Hall–Kier alpha value is 0.260. The summed E-state index contributed by atoms with van der Waals surface area (Å²) in [5.41, 5.74) is 1.46. The van der Waals surface area contributed by atoms with Gasteiger partial charge in [0.25, 0.3) is 0 Å². The lowest BCUT2D eigenvalue weighted by atomic mass is 9.94. The molecule has 21 heavy (non-hydrogen) atoms. The lowest BCUT2D eigenvalue weighted by Crippen LogP contribution is -2.51. The predicted octanol–water partition coefficient (Wildman–Crippen LogP) is 3.35. The maximum absolute atomic E-state index is 10.4. The number of nitrogens with one attached hydrogen (secondary N) is 2. The van der Waals surface area contributed by atoms with Crippen LogP contribution in [-0.2, 0) is 6.54 Å². The molecule has 2 rings (SSSR count). The molecule has 1 aliphatic rings. The standard InChI is InChI=1S/C14H20Cl2N2O.2ClH/c1-10-5-11(15)6-13(16)12(10)7-18-9-14(19)3-2-4-17-8-14;;/h5-6,17-19H,2-4,7-9H2,1H3;2*1H. The van der Waals surface area contributed by atoms with Crippen LogP contribution in [0.15, 0.2) is 12.1 Å². The van der Waals surface area contributed by atoms with Crippen LogP contribution >= 0.6 is 48.0 Å². The number of β-amino-alcohol motifs (C(OH)–C–C–N with tert-alkyl or cyclic N) is 1. The van der Waals surface area contributed by atoms with Gasteiger partial charge in [0.1, 0.15) is 0 Å². The fourth-order valence-electron chi connectivity index (χ4n) is 2.48. The molecule has 0 amide bonds. The van der Waals surface area contributed by atoms with Crippen molar-refractivity contribution in [2.75, 3.05) is 19.6 Å². The molecule has 3 nitrogen and oxygen atoms in total. The number of hydrogen-bond acceptors (Lipinski definition) is 3. The molecule has 0 aromatic heterocycles. The first-order valence-electron chi connectivity index (χ1n) is 6.58. The van der Waals surface area contributed by atoms with E-state index in [1.807, 2.05) is 13.0 Å². The summed E-state index contributed by atoms with van der Waals surface area (Å²) in [7, 11) is 0. The third-order valence-corrected chi connectivity index (χ3v) is 4.14. The minimum atomic E-state index is -0.648. The summed E-state index contributed by atoms with van der Waals surface area (Å²) in [5.74, 6) is 0. The van der Waals surface area contributed by atoms with E-state index in [2.05, 4.69) is 10.6 Å². The fourth-order valence-corrected chi connectivity index (χ4v) is 3.14. The summed E-state index contributed by atoms with van der Waals surface area (Å²) < 4.78 is 0. The van der Waals surface area contributed by atoms with E-state index in [9.17, 15) is 5.11 Å². The first-order chi connectivity index (χ1) is 9.00. The van der Waals surface area contributed by atoms with Crippen molar-refractivity contribution >= 4 is 48.0 Å². The van der Waals surface area contributed by atoms with Crippen LogP contribution in [0.2, 0.25) is 10.0 Å². The van der Waals surface area contributed by atoms with Crippen molar-refractivity contribution in [1.82, 2.24) is 10.6 Å². The molecular weight excluding hydrogens is 354 g/mol. The number of hydrogen-bond donors (Lipinski definition) is 3. The summed E-state index contributed by atoms with van der Waals surface area (Å²) in [6.07, 6.45) is 1.85. The average Bonchev–Trinajstić information content (AvgIpc) is 2.33. The van der Waals surface area contributed by atoms with Crippen LogP contribution in [0.5, 0.6) is 0 Å². The summed E-state index contributed by atoms with van der Waals surface area (Å²) in [6.45, 7) is 4.84. The fraction of sp³-hybridized carbons (Fsp3) is 0.571. The monoisotopic (exact) mass is 374 g/mol. The highest BCUT2D eigenvalue weighted by atomic mass is 35.5. The molecule has 7 heteroatoms. The Balaban J connectivity index is 0.00000200. The minimum Gasteiger partial charge on any atom is -0.387 e. The lowest BCUT2D eigenvalue weighted by molar-refractivity contribution is 0.0169. The van der Waals surface area contributed by atoms with Crippen LogP contribution in [-0.4, -0.2) is 30.3 Å². The van der Waals surface area contributed by atoms with E-state index in [0.717, 1.165) is 30.5 Å². The SMILES string of the molecule is Cc1cc(Cl)cc(Cl)c1CNCC1(O)CCCNC1.Cl.Cl. The zero-order chi connectivity index (χ0) is 13.9. The quantitative estimate of drug-likeness (QED) is 0.756. The molecule has 0 spiro atoms. The van der Waals surface area contributed by atoms with Gasteiger partial charge in [0, 0.05) is 29.7 Å². The van der Waals surface area contributed by atoms with Gasteiger partial charge in [0.05, 0.1) is 5.60 Å². The van der Waals surface area contributed by atoms with Gasteiger partial charge < -0.3 is 15.7 Å². The molecule has 3 N–H and O–H groups in total. The molecule has 0 aliphatic carbocycles. The molecule has 1 heterocycles. The third kappa shape index (κ3) is 6.11. The Labute approximate surface area is 148 Å². The van der Waals surface area contributed by atoms with E-state index in [4.69, 9.17) is 23.2 Å². The van der Waals surface area contributed by atoms with E-state index in [1.165, 1.54) is 0 Å². The molecule has 1 saturated heterocycles. The Morgan fingerprint density at radius 2 is 2.05 bits per heavy atom. The van der Waals surface area contributed by atoms with Gasteiger partial charge in [-0.25, -0.2) is 0 Å². The first kappa shape index (κ1) is 21.3. The second-order valence-corrected chi connectivity index (χ2v) is 6.13. The Bertz CT molecular complexity index is 428. The zero-order valence-corrected chi connectivity index (χ0v) is 15.1. The van der Waals surface area contributed by atoms with Crippen LogP contribution in [0, 0.1) is 6.92 Å². The summed E-state index contributed by atoms with van der Waals surface area (Å²) in [5, 5.41) is 18.2. The number of rotatable bonds is 4. The molecule has 1 atom stereocenters. The van der Waals surface area contributed by atoms with Crippen LogP contribution in [0.25, 0.3) is 0 Å². The zero-order valence-electron chi connectivity index (χ0n) is 11.9. The van der Waals surface area contributed by atoms with Gasteiger partial charge in [-0.2, -0.15) is 0 Å². The van der Waals surface area contributed by atoms with Crippen LogP contribution in [0.1, 0.15) is 24.0 Å². The Morgan fingerprint density at radius 3 is 2.62 bits per heavy atom. The van der Waals surface area contributed by atoms with Crippen molar-refractivity contribution in [3.63, 3.8) is 0 Å². The molecule has 1 aromatic carbocycles. The van der Waals surface area contributed by atoms with Crippen LogP contribution < -0.4 is 10.6 Å². The van der Waals surface area contributed by atoms with Crippen LogP contribution in [0.3, 0.4) is 0 Å². The van der Waals surface area contributed by atoms with Crippen molar-refractivity contribution in [2.45, 2.75) is 31.9 Å². The van der Waals surface area contributed by atoms with Gasteiger partial charge in [-0.1, -0.05) is 23.2 Å². The van der Waals surface area contributed by atoms with E-state index < -0.39 is 5.60 Å². The highest BCUT2D eigenvalue weighted by Crippen LogP contribution is 2.25. The van der Waals surface area contributed by atoms with Gasteiger partial charge >= 0.3 is 0 Å². The average molecular weight is 376 g/mol. The topological polar surface area (TPSA) is 44.3 Å². The molecule has 122 valence electrons. The summed E-state index contributed by atoms with van der Waals surface area (Å²) in [6, 6.07) is 3.66. The molecule has 1 aromatic rings. The maximum Gasteiger partial charge on any atom is 0.0895 e. The van der Waals surface area contributed by atoms with E-state index in [1.54, 1.807) is 6.07 Å².